The van der Waals surface area contributed by atoms with Crippen molar-refractivity contribution in [1.29, 1.82) is 0 Å². The van der Waals surface area contributed by atoms with E-state index in [0.717, 1.165) is 0 Å². The van der Waals surface area contributed by atoms with Crippen LogP contribution in [0.3, 0.4) is 0 Å². The number of carboxylic acids is 1. The van der Waals surface area contributed by atoms with Gasteiger partial charge in [0.2, 0.25) is 5.78 Å². The fourth-order valence-electron chi connectivity index (χ4n) is 3.29. The first-order valence-electron chi connectivity index (χ1n) is 9.06. The van der Waals surface area contributed by atoms with Crippen LogP contribution in [0.5, 0.6) is 0 Å². The van der Waals surface area contributed by atoms with E-state index >= 15 is 0 Å². The molecule has 3 N–H and O–H groups in total. The number of hydrogen-bond donors (Lipinski definition) is 3. The third-order valence-corrected chi connectivity index (χ3v) is 4.61. The van der Waals surface area contributed by atoms with Crippen molar-refractivity contribution in [3.63, 3.8) is 0 Å². The molecule has 144 valence electrons. The maximum absolute atomic E-state index is 13.2. The number of aromatic nitrogens is 3. The molecule has 7 heteroatoms. The van der Waals surface area contributed by atoms with Gasteiger partial charge in [-0.05, 0) is 5.56 Å². The van der Waals surface area contributed by atoms with E-state index in [9.17, 15) is 14.4 Å². The summed E-state index contributed by atoms with van der Waals surface area (Å²) in [7, 11) is 0. The minimum atomic E-state index is -0.982. The van der Waals surface area contributed by atoms with Crippen molar-refractivity contribution < 1.29 is 14.7 Å². The predicted molar refractivity (Wildman–Crippen MR) is 108 cm³/mol. The molecule has 0 aliphatic carbocycles. The summed E-state index contributed by atoms with van der Waals surface area (Å²) in [5.74, 6) is -0.984. The summed E-state index contributed by atoms with van der Waals surface area (Å²) in [6.45, 7) is 0. The SMILES string of the molecule is O=C(O)CCc1nc2[nH]c(C(=O)c3ccccc3)c(-c3ccccc3)c2c(=O)[nH]1. The number of nitrogens with zero attached hydrogens (tertiary/aromatic N) is 1. The van der Waals surface area contributed by atoms with Crippen molar-refractivity contribution in [2.24, 2.45) is 0 Å². The van der Waals surface area contributed by atoms with Crippen LogP contribution in [0.4, 0.5) is 0 Å². The fraction of sp³-hybridized carbons (Fsp3) is 0.0909. The van der Waals surface area contributed by atoms with Gasteiger partial charge in [-0.15, -0.1) is 0 Å². The number of fused-ring (bicyclic) bond motifs is 1. The lowest BCUT2D eigenvalue weighted by Gasteiger charge is -2.04. The fourth-order valence-corrected chi connectivity index (χ4v) is 3.29. The zero-order valence-electron chi connectivity index (χ0n) is 15.3. The Bertz CT molecular complexity index is 1260. The first-order chi connectivity index (χ1) is 14.0. The topological polar surface area (TPSA) is 116 Å². The molecule has 0 spiro atoms. The molecule has 7 nitrogen and oxygen atoms in total. The number of aromatic amines is 2. The quantitative estimate of drug-likeness (QED) is 0.440. The number of carboxylic acid groups (broad SMARTS) is 1. The summed E-state index contributed by atoms with van der Waals surface area (Å²) < 4.78 is 0. The summed E-state index contributed by atoms with van der Waals surface area (Å²) in [6, 6.07) is 17.9. The van der Waals surface area contributed by atoms with Crippen LogP contribution in [-0.4, -0.2) is 31.8 Å². The van der Waals surface area contributed by atoms with Crippen molar-refractivity contribution in [3.8, 4) is 11.1 Å². The van der Waals surface area contributed by atoms with Gasteiger partial charge in [0.1, 0.15) is 11.5 Å². The highest BCUT2D eigenvalue weighted by Gasteiger charge is 2.23. The molecule has 0 saturated carbocycles. The zero-order valence-corrected chi connectivity index (χ0v) is 15.3. The number of carbonyl (C=O) groups is 2. The molecule has 0 amide bonds. The maximum atomic E-state index is 13.2. The second-order valence-electron chi connectivity index (χ2n) is 6.57. The Morgan fingerprint density at radius 1 is 0.931 bits per heavy atom. The van der Waals surface area contributed by atoms with Gasteiger partial charge in [0.15, 0.2) is 0 Å². The number of aliphatic carboxylic acids is 1. The number of aryl methyl sites for hydroxylation is 1. The van der Waals surface area contributed by atoms with Crippen molar-refractivity contribution in [2.45, 2.75) is 12.8 Å². The van der Waals surface area contributed by atoms with Gasteiger partial charge in [-0.3, -0.25) is 14.4 Å². The van der Waals surface area contributed by atoms with Crippen LogP contribution >= 0.6 is 0 Å². The van der Waals surface area contributed by atoms with Gasteiger partial charge < -0.3 is 15.1 Å². The molecule has 2 heterocycles. The summed E-state index contributed by atoms with van der Waals surface area (Å²) in [5, 5.41) is 9.15. The van der Waals surface area contributed by atoms with Crippen molar-refractivity contribution in [3.05, 3.63) is 88.1 Å². The molecule has 0 aliphatic heterocycles. The van der Waals surface area contributed by atoms with Gasteiger partial charge in [0.25, 0.3) is 5.56 Å². The van der Waals surface area contributed by atoms with Crippen LogP contribution in [0, 0.1) is 0 Å². The van der Waals surface area contributed by atoms with Crippen LogP contribution in [0.1, 0.15) is 28.3 Å². The molecular weight excluding hydrogens is 370 g/mol. The second-order valence-corrected chi connectivity index (χ2v) is 6.57. The van der Waals surface area contributed by atoms with Crippen LogP contribution in [0.25, 0.3) is 22.2 Å². The number of hydrogen-bond acceptors (Lipinski definition) is 4. The number of H-pyrrole nitrogens is 2. The van der Waals surface area contributed by atoms with Crippen molar-refractivity contribution in [2.75, 3.05) is 0 Å². The lowest BCUT2D eigenvalue weighted by atomic mass is 9.98. The van der Waals surface area contributed by atoms with Crippen LogP contribution < -0.4 is 5.56 Å². The average Bonchev–Trinajstić information content (AvgIpc) is 3.13. The molecule has 4 rings (SSSR count). The minimum absolute atomic E-state index is 0.0855. The monoisotopic (exact) mass is 387 g/mol. The van der Waals surface area contributed by atoms with Gasteiger partial charge in [0.05, 0.1) is 17.5 Å². The van der Waals surface area contributed by atoms with E-state index in [0.29, 0.717) is 16.7 Å². The Balaban J connectivity index is 1.94. The summed E-state index contributed by atoms with van der Waals surface area (Å²) in [4.78, 5) is 46.9. The van der Waals surface area contributed by atoms with Crippen molar-refractivity contribution >= 4 is 22.8 Å². The molecule has 0 atom stereocenters. The third kappa shape index (κ3) is 3.58. The predicted octanol–water partition coefficient (Wildman–Crippen LogP) is 3.17. The van der Waals surface area contributed by atoms with Gasteiger partial charge >= 0.3 is 5.97 Å². The number of rotatable bonds is 6. The Morgan fingerprint density at radius 3 is 2.24 bits per heavy atom. The standard InChI is InChI=1S/C22H17N3O4/c26-16(27)12-11-15-23-21-18(22(29)24-15)17(13-7-3-1-4-8-13)19(25-21)20(28)14-9-5-2-6-10-14/h1-10H,11-12H2,(H,26,27)(H2,23,24,25,29). The molecule has 0 unspecified atom stereocenters. The first kappa shape index (κ1) is 18.4. The summed E-state index contributed by atoms with van der Waals surface area (Å²) in [6.07, 6.45) is -0.0708. The third-order valence-electron chi connectivity index (χ3n) is 4.61. The highest BCUT2D eigenvalue weighted by atomic mass is 16.4. The zero-order chi connectivity index (χ0) is 20.4. The van der Waals surface area contributed by atoms with E-state index in [1.165, 1.54) is 0 Å². The van der Waals surface area contributed by atoms with Crippen LogP contribution in [-0.2, 0) is 11.2 Å². The molecule has 2 aromatic heterocycles. The van der Waals surface area contributed by atoms with Crippen LogP contribution in [0.2, 0.25) is 0 Å². The van der Waals surface area contributed by atoms with E-state index in [1.807, 2.05) is 36.4 Å². The average molecular weight is 387 g/mol. The van der Waals surface area contributed by atoms with Crippen molar-refractivity contribution in [1.82, 2.24) is 15.0 Å². The van der Waals surface area contributed by atoms with E-state index < -0.39 is 11.5 Å². The van der Waals surface area contributed by atoms with Gasteiger partial charge in [-0.1, -0.05) is 60.7 Å². The molecular formula is C22H17N3O4. The number of benzene rings is 2. The summed E-state index contributed by atoms with van der Waals surface area (Å²) >= 11 is 0. The molecule has 0 radical (unpaired) electrons. The minimum Gasteiger partial charge on any atom is -0.481 e. The summed E-state index contributed by atoms with van der Waals surface area (Å²) in [5.41, 5.74) is 1.78. The van der Waals surface area contributed by atoms with Gasteiger partial charge in [0, 0.05) is 17.5 Å². The molecule has 0 aliphatic rings. The number of nitrogens with one attached hydrogen (secondary N) is 2. The molecule has 4 aromatic rings. The number of carbonyl (C=O) groups excluding carboxylic acids is 1. The molecule has 0 bridgehead atoms. The van der Waals surface area contributed by atoms with Gasteiger partial charge in [-0.25, -0.2) is 4.98 Å². The van der Waals surface area contributed by atoms with E-state index in [2.05, 4.69) is 15.0 Å². The largest absolute Gasteiger partial charge is 0.481 e. The maximum Gasteiger partial charge on any atom is 0.303 e. The molecule has 0 fully saturated rings. The Kier molecular flexibility index (Phi) is 4.78. The molecule has 2 aromatic carbocycles. The lowest BCUT2D eigenvalue weighted by Crippen LogP contribution is -2.13. The molecule has 0 saturated heterocycles. The lowest BCUT2D eigenvalue weighted by molar-refractivity contribution is -0.137. The Labute approximate surface area is 165 Å². The van der Waals surface area contributed by atoms with E-state index in [1.54, 1.807) is 24.3 Å². The van der Waals surface area contributed by atoms with E-state index in [-0.39, 0.29) is 41.2 Å². The normalized spacial score (nSPS) is 10.9. The Hall–Kier alpha value is -4.00. The van der Waals surface area contributed by atoms with Crippen LogP contribution in [0.15, 0.2) is 65.5 Å². The molecule has 29 heavy (non-hydrogen) atoms. The van der Waals surface area contributed by atoms with E-state index in [4.69, 9.17) is 5.11 Å². The first-order valence-corrected chi connectivity index (χ1v) is 9.06. The highest BCUT2D eigenvalue weighted by Crippen LogP contribution is 2.31. The van der Waals surface area contributed by atoms with Gasteiger partial charge in [-0.2, -0.15) is 0 Å². The smallest absolute Gasteiger partial charge is 0.303 e. The Morgan fingerprint density at radius 2 is 1.59 bits per heavy atom. The highest BCUT2D eigenvalue weighted by molar-refractivity contribution is 6.16. The second kappa shape index (κ2) is 7.55. The number of ketones is 1.